The molecule has 0 aliphatic heterocycles. The molecule has 186 valence electrons. The molecule has 36 heavy (non-hydrogen) atoms. The minimum absolute atomic E-state index is 0.00122. The summed E-state index contributed by atoms with van der Waals surface area (Å²) in [6.45, 7) is -0.145. The smallest absolute Gasteiger partial charge is 0.250 e. The maximum Gasteiger partial charge on any atom is 0.250 e. The van der Waals surface area contributed by atoms with Crippen LogP contribution in [0.4, 0.5) is 5.69 Å². The van der Waals surface area contributed by atoms with E-state index >= 15 is 0 Å². The lowest BCUT2D eigenvalue weighted by atomic mass is 10.0. The van der Waals surface area contributed by atoms with E-state index in [1.807, 2.05) is 30.3 Å². The second-order valence-electron chi connectivity index (χ2n) is 8.02. The van der Waals surface area contributed by atoms with Gasteiger partial charge in [0.2, 0.25) is 15.9 Å². The molecular formula is C25H25N5O4S2. The number of thiazole rings is 1. The van der Waals surface area contributed by atoms with Crippen molar-refractivity contribution in [3.63, 3.8) is 0 Å². The summed E-state index contributed by atoms with van der Waals surface area (Å²) in [6, 6.07) is 20.1. The number of carbonyl (C=O) groups is 1. The van der Waals surface area contributed by atoms with Crippen LogP contribution in [0.5, 0.6) is 0 Å². The average Bonchev–Trinajstić information content (AvgIpc) is 3.28. The zero-order chi connectivity index (χ0) is 25.7. The van der Waals surface area contributed by atoms with Crippen LogP contribution in [0.1, 0.15) is 22.2 Å². The van der Waals surface area contributed by atoms with Gasteiger partial charge in [-0.3, -0.25) is 10.2 Å². The molecule has 9 nitrogen and oxygen atoms in total. The summed E-state index contributed by atoms with van der Waals surface area (Å²) in [6.07, 6.45) is 0.296. The number of amides is 1. The van der Waals surface area contributed by atoms with Crippen LogP contribution in [0, 0.1) is 5.41 Å². The number of hydrogen-bond donors (Lipinski definition) is 4. The first-order valence-electron chi connectivity index (χ1n) is 10.9. The first kappa shape index (κ1) is 25.5. The molecule has 11 heteroatoms. The van der Waals surface area contributed by atoms with E-state index in [2.05, 4.69) is 15.0 Å². The maximum absolute atomic E-state index is 13.4. The molecule has 1 aromatic heterocycles. The summed E-state index contributed by atoms with van der Waals surface area (Å²) in [4.78, 5) is 16.5. The standard InChI is InChI=1S/C25H25N5O4S2/c1-34-15-23(31)28-18-8-5-9-19(14-18)36(32,33)30-21(13-16-6-4-7-17(12-16)24(26)27)25-29-20-10-2-3-11-22(20)35-25/h2-12,14,21,30H,13,15H2,1H3,(H3,26,27)(H,28,31). The van der Waals surface area contributed by atoms with Gasteiger partial charge in [0, 0.05) is 18.4 Å². The third kappa shape index (κ3) is 6.13. The third-order valence-corrected chi connectivity index (χ3v) is 7.91. The summed E-state index contributed by atoms with van der Waals surface area (Å²) in [5, 5.41) is 10.9. The molecule has 0 fully saturated rings. The van der Waals surface area contributed by atoms with Gasteiger partial charge in [-0.15, -0.1) is 11.3 Å². The van der Waals surface area contributed by atoms with Gasteiger partial charge >= 0.3 is 0 Å². The largest absolute Gasteiger partial charge is 0.384 e. The van der Waals surface area contributed by atoms with Crippen molar-refractivity contribution in [2.75, 3.05) is 19.0 Å². The number of amidine groups is 1. The quantitative estimate of drug-likeness (QED) is 0.185. The number of nitrogens with zero attached hydrogens (tertiary/aromatic N) is 1. The number of carbonyl (C=O) groups excluding carboxylic acids is 1. The molecular weight excluding hydrogens is 498 g/mol. The van der Waals surface area contributed by atoms with E-state index in [9.17, 15) is 13.2 Å². The predicted molar refractivity (Wildman–Crippen MR) is 141 cm³/mol. The van der Waals surface area contributed by atoms with Crippen molar-refractivity contribution in [1.82, 2.24) is 9.71 Å². The molecule has 1 heterocycles. The summed E-state index contributed by atoms with van der Waals surface area (Å²) in [5.74, 6) is -0.459. The van der Waals surface area contributed by atoms with Crippen molar-refractivity contribution in [2.45, 2.75) is 17.4 Å². The Hall–Kier alpha value is -3.64. The number of nitrogen functional groups attached to an aromatic ring is 1. The summed E-state index contributed by atoms with van der Waals surface area (Å²) >= 11 is 1.41. The Morgan fingerprint density at radius 3 is 2.64 bits per heavy atom. The number of benzene rings is 3. The Morgan fingerprint density at radius 2 is 1.89 bits per heavy atom. The highest BCUT2D eigenvalue weighted by molar-refractivity contribution is 7.89. The van der Waals surface area contributed by atoms with Crippen LogP contribution < -0.4 is 15.8 Å². The minimum atomic E-state index is -4.00. The lowest BCUT2D eigenvalue weighted by Gasteiger charge is -2.18. The van der Waals surface area contributed by atoms with Crippen molar-refractivity contribution in [3.8, 4) is 0 Å². The highest BCUT2D eigenvalue weighted by atomic mass is 32.2. The molecule has 0 saturated heterocycles. The Labute approximate surface area is 212 Å². The summed E-state index contributed by atoms with van der Waals surface area (Å²) in [7, 11) is -2.59. The van der Waals surface area contributed by atoms with E-state index in [4.69, 9.17) is 15.9 Å². The number of nitrogens with two attached hydrogens (primary N) is 1. The van der Waals surface area contributed by atoms with Gasteiger partial charge < -0.3 is 15.8 Å². The topological polar surface area (TPSA) is 147 Å². The number of nitrogens with one attached hydrogen (secondary N) is 3. The van der Waals surface area contributed by atoms with Gasteiger partial charge in [-0.2, -0.15) is 0 Å². The lowest BCUT2D eigenvalue weighted by molar-refractivity contribution is -0.119. The summed E-state index contributed by atoms with van der Waals surface area (Å²) < 4.78 is 35.4. The minimum Gasteiger partial charge on any atom is -0.384 e. The van der Waals surface area contributed by atoms with Crippen LogP contribution in [0.15, 0.2) is 77.7 Å². The molecule has 0 bridgehead atoms. The summed E-state index contributed by atoms with van der Waals surface area (Å²) in [5.41, 5.74) is 8.12. The molecule has 1 unspecified atom stereocenters. The molecule has 1 amide bonds. The van der Waals surface area contributed by atoms with Gasteiger partial charge in [0.1, 0.15) is 17.5 Å². The molecule has 0 aliphatic carbocycles. The Kier molecular flexibility index (Phi) is 7.75. The fraction of sp³-hybridized carbons (Fsp3) is 0.160. The Bertz CT molecular complexity index is 1480. The van der Waals surface area contributed by atoms with Gasteiger partial charge in [-0.25, -0.2) is 18.1 Å². The van der Waals surface area contributed by atoms with Crippen LogP contribution in [-0.4, -0.2) is 38.9 Å². The Balaban J connectivity index is 1.67. The van der Waals surface area contributed by atoms with E-state index in [-0.39, 0.29) is 17.3 Å². The van der Waals surface area contributed by atoms with Crippen molar-refractivity contribution in [1.29, 1.82) is 5.41 Å². The molecule has 0 radical (unpaired) electrons. The highest BCUT2D eigenvalue weighted by Crippen LogP contribution is 2.30. The van der Waals surface area contributed by atoms with E-state index in [1.54, 1.807) is 30.3 Å². The van der Waals surface area contributed by atoms with Crippen LogP contribution in [0.25, 0.3) is 10.2 Å². The second kappa shape index (κ2) is 11.0. The normalized spacial score (nSPS) is 12.4. The van der Waals surface area contributed by atoms with Gasteiger partial charge in [0.15, 0.2) is 0 Å². The van der Waals surface area contributed by atoms with Gasteiger partial charge in [-0.1, -0.05) is 36.4 Å². The number of anilines is 1. The van der Waals surface area contributed by atoms with E-state index in [0.29, 0.717) is 22.7 Å². The molecule has 5 N–H and O–H groups in total. The molecule has 0 aliphatic rings. The van der Waals surface area contributed by atoms with Crippen molar-refractivity contribution in [2.24, 2.45) is 5.73 Å². The first-order valence-corrected chi connectivity index (χ1v) is 13.2. The molecule has 0 spiro atoms. The number of sulfonamides is 1. The highest BCUT2D eigenvalue weighted by Gasteiger charge is 2.25. The number of fused-ring (bicyclic) bond motifs is 1. The average molecular weight is 524 g/mol. The number of rotatable bonds is 10. The van der Waals surface area contributed by atoms with Gasteiger partial charge in [-0.05, 0) is 48.4 Å². The lowest BCUT2D eigenvalue weighted by Crippen LogP contribution is -2.30. The van der Waals surface area contributed by atoms with Crippen LogP contribution in [-0.2, 0) is 26.0 Å². The zero-order valence-corrected chi connectivity index (χ0v) is 21.0. The number of ether oxygens (including phenoxy) is 1. The third-order valence-electron chi connectivity index (χ3n) is 5.29. The van der Waals surface area contributed by atoms with Gasteiger partial charge in [0.25, 0.3) is 0 Å². The second-order valence-corrected chi connectivity index (χ2v) is 10.8. The molecule has 0 saturated carbocycles. The van der Waals surface area contributed by atoms with Crippen LogP contribution >= 0.6 is 11.3 Å². The van der Waals surface area contributed by atoms with E-state index < -0.39 is 22.0 Å². The van der Waals surface area contributed by atoms with Crippen molar-refractivity contribution < 1.29 is 17.9 Å². The molecule has 4 aromatic rings. The fourth-order valence-corrected chi connectivity index (χ4v) is 5.98. The van der Waals surface area contributed by atoms with Crippen LogP contribution in [0.3, 0.4) is 0 Å². The fourth-order valence-electron chi connectivity index (χ4n) is 3.64. The van der Waals surface area contributed by atoms with Crippen LogP contribution in [0.2, 0.25) is 0 Å². The number of methoxy groups -OCH3 is 1. The van der Waals surface area contributed by atoms with E-state index in [0.717, 1.165) is 15.8 Å². The number of aromatic nitrogens is 1. The number of hydrogen-bond acceptors (Lipinski definition) is 7. The zero-order valence-electron chi connectivity index (χ0n) is 19.4. The van der Waals surface area contributed by atoms with Crippen molar-refractivity contribution >= 4 is 49.0 Å². The SMILES string of the molecule is COCC(=O)Nc1cccc(S(=O)(=O)NC(Cc2cccc(C(=N)N)c2)c2nc3ccccc3s2)c1. The molecule has 1 atom stereocenters. The van der Waals surface area contributed by atoms with Gasteiger partial charge in [0.05, 0.1) is 21.2 Å². The molecule has 3 aromatic carbocycles. The number of para-hydroxylation sites is 1. The molecule has 4 rings (SSSR count). The monoisotopic (exact) mass is 523 g/mol. The van der Waals surface area contributed by atoms with E-state index in [1.165, 1.54) is 30.6 Å². The Morgan fingerprint density at radius 1 is 1.11 bits per heavy atom. The van der Waals surface area contributed by atoms with Crippen molar-refractivity contribution in [3.05, 3.63) is 88.9 Å². The maximum atomic E-state index is 13.4. The first-order chi connectivity index (χ1) is 17.2. The predicted octanol–water partition coefficient (Wildman–Crippen LogP) is 3.43.